The molecule has 0 amide bonds. The highest BCUT2D eigenvalue weighted by molar-refractivity contribution is 7.99. The van der Waals surface area contributed by atoms with Crippen molar-refractivity contribution in [2.45, 2.75) is 16.7 Å². The van der Waals surface area contributed by atoms with Crippen molar-refractivity contribution in [3.63, 3.8) is 0 Å². The lowest BCUT2D eigenvalue weighted by atomic mass is 10.1. The van der Waals surface area contributed by atoms with Crippen LogP contribution in [-0.4, -0.2) is 21.0 Å². The first kappa shape index (κ1) is 12.6. The molecular formula is C13H12N2O2S. The van der Waals surface area contributed by atoms with E-state index in [1.807, 2.05) is 30.3 Å². The van der Waals surface area contributed by atoms with Crippen LogP contribution in [0.1, 0.15) is 17.2 Å². The van der Waals surface area contributed by atoms with Crippen LogP contribution in [0, 0.1) is 0 Å². The monoisotopic (exact) mass is 260 g/mol. The molecule has 5 heteroatoms. The van der Waals surface area contributed by atoms with Gasteiger partial charge in [-0.2, -0.15) is 0 Å². The van der Waals surface area contributed by atoms with Gasteiger partial charge in [-0.3, -0.25) is 4.79 Å². The molecule has 4 nitrogen and oxygen atoms in total. The lowest BCUT2D eigenvalue weighted by Crippen LogP contribution is -2.03. The molecule has 1 heterocycles. The summed E-state index contributed by atoms with van der Waals surface area (Å²) < 4.78 is 0. The van der Waals surface area contributed by atoms with Crippen LogP contribution in [0.5, 0.6) is 0 Å². The molecule has 0 radical (unpaired) electrons. The highest BCUT2D eigenvalue weighted by Crippen LogP contribution is 2.36. The molecule has 0 saturated carbocycles. The summed E-state index contributed by atoms with van der Waals surface area (Å²) in [5, 5.41) is 9.61. The second-order valence-corrected chi connectivity index (χ2v) is 4.89. The Kier molecular flexibility index (Phi) is 4.30. The van der Waals surface area contributed by atoms with Gasteiger partial charge in [0.15, 0.2) is 0 Å². The standard InChI is InChI=1S/C13H12N2O2S/c16-13(17)8-11(10-4-2-1-3-5-10)18-12-6-7-14-9-15-12/h1-7,9,11H,8H2,(H,16,17). The van der Waals surface area contributed by atoms with Gasteiger partial charge in [-0.1, -0.05) is 42.1 Å². The normalized spacial score (nSPS) is 12.0. The third kappa shape index (κ3) is 3.56. The maximum absolute atomic E-state index is 10.9. The number of benzene rings is 1. The number of aromatic nitrogens is 2. The van der Waals surface area contributed by atoms with Crippen LogP contribution in [0.15, 0.2) is 53.9 Å². The molecule has 0 bridgehead atoms. The Balaban J connectivity index is 2.18. The van der Waals surface area contributed by atoms with Crippen molar-refractivity contribution < 1.29 is 9.90 Å². The largest absolute Gasteiger partial charge is 0.481 e. The number of hydrogen-bond acceptors (Lipinski definition) is 4. The predicted octanol–water partition coefficient (Wildman–Crippen LogP) is 2.78. The molecule has 1 aromatic carbocycles. The van der Waals surface area contributed by atoms with Crippen LogP contribution in [0.2, 0.25) is 0 Å². The fraction of sp³-hybridized carbons (Fsp3) is 0.154. The van der Waals surface area contributed by atoms with Crippen molar-refractivity contribution in [3.05, 3.63) is 54.5 Å². The Labute approximate surface area is 109 Å². The summed E-state index contributed by atoms with van der Waals surface area (Å²) in [5.41, 5.74) is 0.989. The number of carboxylic acid groups (broad SMARTS) is 1. The van der Waals surface area contributed by atoms with Gasteiger partial charge in [0.2, 0.25) is 0 Å². The van der Waals surface area contributed by atoms with Crippen molar-refractivity contribution in [3.8, 4) is 0 Å². The van der Waals surface area contributed by atoms with Crippen molar-refractivity contribution in [2.75, 3.05) is 0 Å². The number of carboxylic acids is 1. The topological polar surface area (TPSA) is 63.1 Å². The van der Waals surface area contributed by atoms with E-state index in [0.717, 1.165) is 10.6 Å². The fourth-order valence-electron chi connectivity index (χ4n) is 1.55. The van der Waals surface area contributed by atoms with Crippen LogP contribution < -0.4 is 0 Å². The van der Waals surface area contributed by atoms with Crippen LogP contribution in [-0.2, 0) is 4.79 Å². The average molecular weight is 260 g/mol. The average Bonchev–Trinajstić information content (AvgIpc) is 2.40. The molecule has 0 aliphatic rings. The molecule has 2 rings (SSSR count). The number of carbonyl (C=O) groups is 1. The maximum Gasteiger partial charge on any atom is 0.304 e. The third-order valence-corrected chi connectivity index (χ3v) is 3.56. The van der Waals surface area contributed by atoms with E-state index in [4.69, 9.17) is 5.11 Å². The second kappa shape index (κ2) is 6.16. The van der Waals surface area contributed by atoms with E-state index in [1.165, 1.54) is 18.1 Å². The molecule has 0 spiro atoms. The van der Waals surface area contributed by atoms with Gasteiger partial charge in [0, 0.05) is 11.4 Å². The van der Waals surface area contributed by atoms with Gasteiger partial charge in [-0.15, -0.1) is 0 Å². The molecule has 0 aliphatic carbocycles. The number of rotatable bonds is 5. The van der Waals surface area contributed by atoms with Gasteiger partial charge in [-0.05, 0) is 11.6 Å². The zero-order chi connectivity index (χ0) is 12.8. The maximum atomic E-state index is 10.9. The van der Waals surface area contributed by atoms with Gasteiger partial charge in [0.05, 0.1) is 11.4 Å². The Morgan fingerprint density at radius 1 is 1.28 bits per heavy atom. The summed E-state index contributed by atoms with van der Waals surface area (Å²) in [4.78, 5) is 18.9. The summed E-state index contributed by atoms with van der Waals surface area (Å²) in [7, 11) is 0. The fourth-order valence-corrected chi connectivity index (χ4v) is 2.61. The van der Waals surface area contributed by atoms with E-state index < -0.39 is 5.97 Å². The zero-order valence-electron chi connectivity index (χ0n) is 9.56. The first-order chi connectivity index (χ1) is 8.75. The van der Waals surface area contributed by atoms with Crippen LogP contribution in [0.25, 0.3) is 0 Å². The van der Waals surface area contributed by atoms with Crippen molar-refractivity contribution >= 4 is 17.7 Å². The SMILES string of the molecule is O=C(O)CC(Sc1ccncn1)c1ccccc1. The van der Waals surface area contributed by atoms with Gasteiger partial charge < -0.3 is 5.11 Å². The zero-order valence-corrected chi connectivity index (χ0v) is 10.4. The summed E-state index contributed by atoms with van der Waals surface area (Å²) in [6, 6.07) is 11.4. The Bertz CT molecular complexity index is 505. The van der Waals surface area contributed by atoms with Crippen LogP contribution >= 0.6 is 11.8 Å². The van der Waals surface area contributed by atoms with E-state index in [0.29, 0.717) is 0 Å². The molecule has 1 aromatic heterocycles. The molecule has 0 saturated heterocycles. The smallest absolute Gasteiger partial charge is 0.304 e. The Hall–Kier alpha value is -1.88. The molecule has 1 N–H and O–H groups in total. The van der Waals surface area contributed by atoms with Crippen molar-refractivity contribution in [2.24, 2.45) is 0 Å². The number of aliphatic carboxylic acids is 1. The van der Waals surface area contributed by atoms with Gasteiger partial charge >= 0.3 is 5.97 Å². The summed E-state index contributed by atoms with van der Waals surface area (Å²) in [5.74, 6) is -0.814. The molecule has 1 unspecified atom stereocenters. The Morgan fingerprint density at radius 3 is 2.67 bits per heavy atom. The van der Waals surface area contributed by atoms with E-state index in [2.05, 4.69) is 9.97 Å². The van der Waals surface area contributed by atoms with E-state index in [1.54, 1.807) is 12.3 Å². The quantitative estimate of drug-likeness (QED) is 0.661. The minimum Gasteiger partial charge on any atom is -0.481 e. The van der Waals surface area contributed by atoms with Gasteiger partial charge in [0.25, 0.3) is 0 Å². The molecule has 0 fully saturated rings. The molecule has 2 aromatic rings. The van der Waals surface area contributed by atoms with Gasteiger partial charge in [0.1, 0.15) is 6.33 Å². The summed E-state index contributed by atoms with van der Waals surface area (Å²) in [6.45, 7) is 0. The van der Waals surface area contributed by atoms with Crippen LogP contribution in [0.4, 0.5) is 0 Å². The van der Waals surface area contributed by atoms with E-state index in [9.17, 15) is 4.79 Å². The highest BCUT2D eigenvalue weighted by Gasteiger charge is 2.17. The molecule has 92 valence electrons. The minimum atomic E-state index is -0.814. The van der Waals surface area contributed by atoms with Crippen LogP contribution in [0.3, 0.4) is 0 Å². The minimum absolute atomic E-state index is 0.0681. The lowest BCUT2D eigenvalue weighted by molar-refractivity contribution is -0.137. The summed E-state index contributed by atoms with van der Waals surface area (Å²) in [6.07, 6.45) is 3.18. The van der Waals surface area contributed by atoms with E-state index in [-0.39, 0.29) is 11.7 Å². The van der Waals surface area contributed by atoms with Crippen molar-refractivity contribution in [1.82, 2.24) is 9.97 Å². The molecule has 0 aliphatic heterocycles. The number of thioether (sulfide) groups is 1. The third-order valence-electron chi connectivity index (χ3n) is 2.35. The summed E-state index contributed by atoms with van der Waals surface area (Å²) >= 11 is 1.44. The molecule has 1 atom stereocenters. The number of hydrogen-bond donors (Lipinski definition) is 1. The van der Waals surface area contributed by atoms with Gasteiger partial charge in [-0.25, -0.2) is 9.97 Å². The first-order valence-corrected chi connectivity index (χ1v) is 6.33. The predicted molar refractivity (Wildman–Crippen MR) is 69.3 cm³/mol. The molecular weight excluding hydrogens is 248 g/mol. The first-order valence-electron chi connectivity index (χ1n) is 5.45. The number of nitrogens with zero attached hydrogens (tertiary/aromatic N) is 2. The van der Waals surface area contributed by atoms with Crippen molar-refractivity contribution in [1.29, 1.82) is 0 Å². The lowest BCUT2D eigenvalue weighted by Gasteiger charge is -2.14. The second-order valence-electron chi connectivity index (χ2n) is 3.66. The molecule has 18 heavy (non-hydrogen) atoms. The van der Waals surface area contributed by atoms with E-state index >= 15 is 0 Å². The Morgan fingerprint density at radius 2 is 2.06 bits per heavy atom. The highest BCUT2D eigenvalue weighted by atomic mass is 32.2.